The molecule has 0 spiro atoms. The molecule has 0 aliphatic carbocycles. The third kappa shape index (κ3) is 4.45. The highest BCUT2D eigenvalue weighted by Crippen LogP contribution is 2.18. The summed E-state index contributed by atoms with van der Waals surface area (Å²) in [6.45, 7) is 1.44. The second-order valence-corrected chi connectivity index (χ2v) is 4.45. The Kier molecular flexibility index (Phi) is 4.98. The van der Waals surface area contributed by atoms with E-state index in [2.05, 4.69) is 11.8 Å². The van der Waals surface area contributed by atoms with Gasteiger partial charge in [-0.05, 0) is 0 Å². The van der Waals surface area contributed by atoms with Gasteiger partial charge in [-0.2, -0.15) is 0 Å². The SMILES string of the molecule is CC(=O)SCCC#Cc1c(F)cc(O)cc1F. The number of hydrogen-bond acceptors (Lipinski definition) is 3. The molecule has 2 nitrogen and oxygen atoms in total. The molecule has 0 saturated carbocycles. The Morgan fingerprint density at radius 2 is 2.00 bits per heavy atom. The maximum absolute atomic E-state index is 13.2. The van der Waals surface area contributed by atoms with Crippen molar-refractivity contribution in [2.45, 2.75) is 13.3 Å². The Balaban J connectivity index is 2.69. The minimum atomic E-state index is -0.894. The van der Waals surface area contributed by atoms with Crippen LogP contribution in [0.3, 0.4) is 0 Å². The van der Waals surface area contributed by atoms with Crippen molar-refractivity contribution >= 4 is 16.9 Å². The Morgan fingerprint density at radius 3 is 2.53 bits per heavy atom. The van der Waals surface area contributed by atoms with Crippen LogP contribution in [0.1, 0.15) is 18.9 Å². The molecule has 5 heteroatoms. The molecule has 0 aliphatic heterocycles. The number of phenolic OH excluding ortho intramolecular Hbond substituents is 1. The Hall–Kier alpha value is -1.54. The summed E-state index contributed by atoms with van der Waals surface area (Å²) < 4.78 is 26.4. The van der Waals surface area contributed by atoms with Gasteiger partial charge in [-0.1, -0.05) is 23.6 Å². The largest absolute Gasteiger partial charge is 0.508 e. The third-order valence-electron chi connectivity index (χ3n) is 1.77. The van der Waals surface area contributed by atoms with Crippen LogP contribution in [0, 0.1) is 23.5 Å². The maximum Gasteiger partial charge on any atom is 0.185 e. The van der Waals surface area contributed by atoms with Gasteiger partial charge < -0.3 is 5.11 Å². The summed E-state index contributed by atoms with van der Waals surface area (Å²) in [4.78, 5) is 10.6. The molecule has 1 aromatic carbocycles. The summed E-state index contributed by atoms with van der Waals surface area (Å²) in [5, 5.41) is 8.90. The summed E-state index contributed by atoms with van der Waals surface area (Å²) in [5.74, 6) is 3.15. The molecule has 0 heterocycles. The van der Waals surface area contributed by atoms with Crippen LogP contribution in [0.2, 0.25) is 0 Å². The summed E-state index contributed by atoms with van der Waals surface area (Å²) >= 11 is 1.11. The maximum atomic E-state index is 13.2. The van der Waals surface area contributed by atoms with E-state index < -0.39 is 17.4 Å². The van der Waals surface area contributed by atoms with Crippen molar-refractivity contribution in [1.29, 1.82) is 0 Å². The van der Waals surface area contributed by atoms with E-state index in [0.29, 0.717) is 12.2 Å². The van der Waals surface area contributed by atoms with Crippen molar-refractivity contribution in [2.75, 3.05) is 5.75 Å². The van der Waals surface area contributed by atoms with Crippen LogP contribution in [0.15, 0.2) is 12.1 Å². The molecule has 0 fully saturated rings. The van der Waals surface area contributed by atoms with Crippen molar-refractivity contribution in [1.82, 2.24) is 0 Å². The van der Waals surface area contributed by atoms with Gasteiger partial charge in [0.1, 0.15) is 17.4 Å². The molecule has 0 amide bonds. The predicted octanol–water partition coefficient (Wildman–Crippen LogP) is 2.69. The van der Waals surface area contributed by atoms with Crippen LogP contribution in [0.25, 0.3) is 0 Å². The summed E-state index contributed by atoms with van der Waals surface area (Å²) in [7, 11) is 0. The summed E-state index contributed by atoms with van der Waals surface area (Å²) in [6.07, 6.45) is 0.365. The molecule has 0 bridgehead atoms. The number of phenols is 1. The normalized spacial score (nSPS) is 9.59. The van der Waals surface area contributed by atoms with E-state index in [0.717, 1.165) is 23.9 Å². The molecule has 0 atom stereocenters. The first-order valence-electron chi connectivity index (χ1n) is 4.81. The van der Waals surface area contributed by atoms with Gasteiger partial charge in [-0.15, -0.1) is 0 Å². The minimum absolute atomic E-state index is 0.0196. The topological polar surface area (TPSA) is 37.3 Å². The van der Waals surface area contributed by atoms with Crippen LogP contribution in [-0.2, 0) is 4.79 Å². The average Bonchev–Trinajstić information content (AvgIpc) is 2.20. The molecular formula is C12H10F2O2S. The summed E-state index contributed by atoms with van der Waals surface area (Å²) in [5.41, 5.74) is -0.365. The fourth-order valence-corrected chi connectivity index (χ4v) is 1.57. The smallest absolute Gasteiger partial charge is 0.185 e. The van der Waals surface area contributed by atoms with E-state index in [1.807, 2.05) is 0 Å². The van der Waals surface area contributed by atoms with Crippen molar-refractivity contribution in [3.05, 3.63) is 29.3 Å². The number of aromatic hydroxyl groups is 1. The predicted molar refractivity (Wildman–Crippen MR) is 62.7 cm³/mol. The van der Waals surface area contributed by atoms with Crippen LogP contribution in [0.4, 0.5) is 8.78 Å². The monoisotopic (exact) mass is 256 g/mol. The van der Waals surface area contributed by atoms with Gasteiger partial charge in [0.15, 0.2) is 5.12 Å². The van der Waals surface area contributed by atoms with Gasteiger partial charge >= 0.3 is 0 Å². The van der Waals surface area contributed by atoms with Crippen LogP contribution >= 0.6 is 11.8 Å². The van der Waals surface area contributed by atoms with E-state index in [-0.39, 0.29) is 10.7 Å². The number of hydrogen-bond donors (Lipinski definition) is 1. The van der Waals surface area contributed by atoms with Gasteiger partial charge in [-0.3, -0.25) is 4.79 Å². The van der Waals surface area contributed by atoms with Gasteiger partial charge in [0.25, 0.3) is 0 Å². The molecule has 0 saturated heterocycles. The molecule has 0 radical (unpaired) electrons. The molecule has 1 N–H and O–H groups in total. The highest BCUT2D eigenvalue weighted by Gasteiger charge is 2.08. The molecule has 0 unspecified atom stereocenters. The molecule has 90 valence electrons. The average molecular weight is 256 g/mol. The second-order valence-electron chi connectivity index (χ2n) is 3.18. The second kappa shape index (κ2) is 6.26. The number of halogens is 2. The lowest BCUT2D eigenvalue weighted by molar-refractivity contribution is -0.109. The Labute approximate surface area is 102 Å². The fourth-order valence-electron chi connectivity index (χ4n) is 1.08. The number of rotatable bonds is 2. The lowest BCUT2D eigenvalue weighted by Gasteiger charge is -1.98. The van der Waals surface area contributed by atoms with Gasteiger partial charge in [-0.25, -0.2) is 8.78 Å². The zero-order valence-corrected chi connectivity index (χ0v) is 9.91. The van der Waals surface area contributed by atoms with Crippen LogP contribution in [0.5, 0.6) is 5.75 Å². The van der Waals surface area contributed by atoms with Crippen molar-refractivity contribution < 1.29 is 18.7 Å². The summed E-state index contributed by atoms with van der Waals surface area (Å²) in [6, 6.07) is 1.61. The molecule has 1 rings (SSSR count). The molecule has 1 aromatic rings. The number of benzene rings is 1. The lowest BCUT2D eigenvalue weighted by Crippen LogP contribution is -1.90. The van der Waals surface area contributed by atoms with Crippen LogP contribution in [-0.4, -0.2) is 16.0 Å². The van der Waals surface area contributed by atoms with Crippen LogP contribution < -0.4 is 0 Å². The Bertz CT molecular complexity index is 466. The van der Waals surface area contributed by atoms with Crippen molar-refractivity contribution in [3.8, 4) is 17.6 Å². The number of carbonyl (C=O) groups is 1. The first kappa shape index (κ1) is 13.5. The van der Waals surface area contributed by atoms with E-state index in [1.165, 1.54) is 6.92 Å². The zero-order chi connectivity index (χ0) is 12.8. The number of carbonyl (C=O) groups excluding carboxylic acids is 1. The fraction of sp³-hybridized carbons (Fsp3) is 0.250. The zero-order valence-electron chi connectivity index (χ0n) is 9.09. The minimum Gasteiger partial charge on any atom is -0.508 e. The lowest BCUT2D eigenvalue weighted by atomic mass is 10.2. The standard InChI is InChI=1S/C12H10F2O2S/c1-8(15)17-5-3-2-4-10-11(13)6-9(16)7-12(10)14/h6-7,16H,3,5H2,1H3. The quantitative estimate of drug-likeness (QED) is 0.653. The van der Waals surface area contributed by atoms with E-state index in [4.69, 9.17) is 5.11 Å². The third-order valence-corrected chi connectivity index (χ3v) is 2.59. The first-order valence-corrected chi connectivity index (χ1v) is 5.79. The molecule has 0 aliphatic rings. The van der Waals surface area contributed by atoms with Gasteiger partial charge in [0.05, 0.1) is 5.56 Å². The highest BCUT2D eigenvalue weighted by atomic mass is 32.2. The highest BCUT2D eigenvalue weighted by molar-refractivity contribution is 8.13. The van der Waals surface area contributed by atoms with Crippen molar-refractivity contribution in [3.63, 3.8) is 0 Å². The first-order chi connectivity index (χ1) is 8.00. The Morgan fingerprint density at radius 1 is 1.41 bits per heavy atom. The van der Waals surface area contributed by atoms with Gasteiger partial charge in [0, 0.05) is 31.2 Å². The molecule has 17 heavy (non-hydrogen) atoms. The molecular weight excluding hydrogens is 246 g/mol. The number of thioether (sulfide) groups is 1. The van der Waals surface area contributed by atoms with E-state index >= 15 is 0 Å². The van der Waals surface area contributed by atoms with Gasteiger partial charge in [0.2, 0.25) is 0 Å². The van der Waals surface area contributed by atoms with E-state index in [1.54, 1.807) is 0 Å². The van der Waals surface area contributed by atoms with Crippen molar-refractivity contribution in [2.24, 2.45) is 0 Å². The molecule has 0 aromatic heterocycles. The van der Waals surface area contributed by atoms with E-state index in [9.17, 15) is 13.6 Å².